The smallest absolute Gasteiger partial charge is 0.244 e. The normalized spacial score (nSPS) is 11.9. The van der Waals surface area contributed by atoms with Crippen LogP contribution in [0.1, 0.15) is 24.1 Å². The van der Waals surface area contributed by atoms with Gasteiger partial charge in [0.1, 0.15) is 17.3 Å². The summed E-state index contributed by atoms with van der Waals surface area (Å²) in [6, 6.07) is 16.8. The lowest BCUT2D eigenvalue weighted by Crippen LogP contribution is -2.24. The van der Waals surface area contributed by atoms with E-state index in [9.17, 15) is 9.18 Å². The van der Waals surface area contributed by atoms with E-state index in [1.807, 2.05) is 31.2 Å². The zero-order valence-corrected chi connectivity index (χ0v) is 14.8. The summed E-state index contributed by atoms with van der Waals surface area (Å²) in [6.45, 7) is 1.90. The molecule has 0 aliphatic carbocycles. The van der Waals surface area contributed by atoms with Gasteiger partial charge in [-0.05, 0) is 60.5 Å². The van der Waals surface area contributed by atoms with Gasteiger partial charge in [-0.2, -0.15) is 0 Å². The molecule has 0 saturated heterocycles. The fourth-order valence-electron chi connectivity index (χ4n) is 2.48. The van der Waals surface area contributed by atoms with Crippen LogP contribution in [0.5, 0.6) is 11.5 Å². The van der Waals surface area contributed by atoms with Crippen LogP contribution in [0.15, 0.2) is 79.1 Å². The van der Waals surface area contributed by atoms with Gasteiger partial charge in [0.25, 0.3) is 0 Å². The summed E-state index contributed by atoms with van der Waals surface area (Å²) in [5.74, 6) is 0.842. The molecule has 0 aliphatic heterocycles. The monoisotopic (exact) mass is 362 g/mol. The third kappa shape index (κ3) is 5.51. The Morgan fingerprint density at radius 2 is 1.81 bits per heavy atom. The average Bonchev–Trinajstić information content (AvgIpc) is 2.68. The summed E-state index contributed by atoms with van der Waals surface area (Å²) < 4.78 is 18.7. The Bertz CT molecular complexity index is 925. The molecule has 5 heteroatoms. The van der Waals surface area contributed by atoms with E-state index in [1.54, 1.807) is 42.7 Å². The predicted octanol–water partition coefficient (Wildman–Crippen LogP) is 4.90. The minimum Gasteiger partial charge on any atom is -0.457 e. The number of hydrogen-bond donors (Lipinski definition) is 1. The average molecular weight is 362 g/mol. The predicted molar refractivity (Wildman–Crippen MR) is 103 cm³/mol. The summed E-state index contributed by atoms with van der Waals surface area (Å²) in [7, 11) is 0. The Hall–Kier alpha value is -3.47. The van der Waals surface area contributed by atoms with Crippen LogP contribution in [0.3, 0.4) is 0 Å². The maximum Gasteiger partial charge on any atom is 0.244 e. The number of carbonyl (C=O) groups excluding carboxylic acids is 1. The van der Waals surface area contributed by atoms with Crippen LogP contribution in [0.2, 0.25) is 0 Å². The van der Waals surface area contributed by atoms with Gasteiger partial charge in [-0.3, -0.25) is 9.78 Å². The SMILES string of the molecule is CC(NC(=O)C=Cc1ccc(F)cc1)c1cccc(Oc2ccncc2)c1. The number of benzene rings is 2. The molecule has 0 fully saturated rings. The minimum atomic E-state index is -0.306. The number of pyridine rings is 1. The number of aromatic nitrogens is 1. The summed E-state index contributed by atoms with van der Waals surface area (Å²) in [4.78, 5) is 16.1. The second-order valence-corrected chi connectivity index (χ2v) is 5.97. The highest BCUT2D eigenvalue weighted by molar-refractivity contribution is 5.91. The second kappa shape index (κ2) is 8.76. The molecule has 1 N–H and O–H groups in total. The van der Waals surface area contributed by atoms with Crippen LogP contribution in [0, 0.1) is 5.82 Å². The van der Waals surface area contributed by atoms with Gasteiger partial charge in [0.05, 0.1) is 6.04 Å². The van der Waals surface area contributed by atoms with E-state index in [-0.39, 0.29) is 17.8 Å². The van der Waals surface area contributed by atoms with Crippen LogP contribution >= 0.6 is 0 Å². The Morgan fingerprint density at radius 3 is 2.56 bits per heavy atom. The third-order valence-corrected chi connectivity index (χ3v) is 3.90. The van der Waals surface area contributed by atoms with Crippen LogP contribution in [-0.2, 0) is 4.79 Å². The van der Waals surface area contributed by atoms with E-state index in [0.717, 1.165) is 11.1 Å². The van der Waals surface area contributed by atoms with Gasteiger partial charge in [0, 0.05) is 18.5 Å². The van der Waals surface area contributed by atoms with Gasteiger partial charge in [-0.15, -0.1) is 0 Å². The maximum atomic E-state index is 12.9. The van der Waals surface area contributed by atoms with Crippen LogP contribution in [0.25, 0.3) is 6.08 Å². The molecule has 27 heavy (non-hydrogen) atoms. The highest BCUT2D eigenvalue weighted by Gasteiger charge is 2.09. The second-order valence-electron chi connectivity index (χ2n) is 5.97. The first kappa shape index (κ1) is 18.3. The Morgan fingerprint density at radius 1 is 1.07 bits per heavy atom. The van der Waals surface area contributed by atoms with Crippen molar-refractivity contribution in [2.75, 3.05) is 0 Å². The highest BCUT2D eigenvalue weighted by atomic mass is 19.1. The molecule has 2 aromatic carbocycles. The number of rotatable bonds is 6. The molecule has 3 aromatic rings. The van der Waals surface area contributed by atoms with Crippen molar-refractivity contribution in [3.05, 3.63) is 96.1 Å². The van der Waals surface area contributed by atoms with E-state index in [4.69, 9.17) is 4.74 Å². The number of hydrogen-bond acceptors (Lipinski definition) is 3. The fraction of sp³-hybridized carbons (Fsp3) is 0.0909. The van der Waals surface area contributed by atoms with Crippen molar-refractivity contribution in [1.82, 2.24) is 10.3 Å². The van der Waals surface area contributed by atoms with Gasteiger partial charge in [-0.1, -0.05) is 24.3 Å². The first-order valence-electron chi connectivity index (χ1n) is 8.52. The number of halogens is 1. The standard InChI is InChI=1S/C22H19FN2O2/c1-16(25-22(26)10-7-17-5-8-19(23)9-6-17)18-3-2-4-21(15-18)27-20-11-13-24-14-12-20/h2-16H,1H3,(H,25,26). The summed E-state index contributed by atoms with van der Waals surface area (Å²) >= 11 is 0. The number of ether oxygens (including phenoxy) is 1. The Balaban J connectivity index is 1.61. The van der Waals surface area contributed by atoms with Crippen LogP contribution < -0.4 is 10.1 Å². The van der Waals surface area contributed by atoms with Crippen LogP contribution in [0.4, 0.5) is 4.39 Å². The van der Waals surface area contributed by atoms with Crippen molar-refractivity contribution in [2.24, 2.45) is 0 Å². The molecule has 1 amide bonds. The third-order valence-electron chi connectivity index (χ3n) is 3.90. The summed E-state index contributed by atoms with van der Waals surface area (Å²) in [5, 5.41) is 2.90. The van der Waals surface area contributed by atoms with Crippen molar-refractivity contribution in [1.29, 1.82) is 0 Å². The molecular formula is C22H19FN2O2. The number of carbonyl (C=O) groups is 1. The van der Waals surface area contributed by atoms with Gasteiger partial charge >= 0.3 is 0 Å². The molecule has 0 saturated carbocycles. The van der Waals surface area contributed by atoms with Gasteiger partial charge in [0.2, 0.25) is 5.91 Å². The number of amides is 1. The number of nitrogens with zero attached hydrogens (tertiary/aromatic N) is 1. The van der Waals surface area contributed by atoms with E-state index < -0.39 is 0 Å². The molecule has 1 atom stereocenters. The molecule has 0 spiro atoms. The molecular weight excluding hydrogens is 343 g/mol. The molecule has 0 bridgehead atoms. The molecule has 1 heterocycles. The van der Waals surface area contributed by atoms with Crippen molar-refractivity contribution in [3.63, 3.8) is 0 Å². The van der Waals surface area contributed by atoms with E-state index in [0.29, 0.717) is 11.5 Å². The molecule has 0 radical (unpaired) electrons. The Kier molecular flexibility index (Phi) is 5.94. The largest absolute Gasteiger partial charge is 0.457 e. The van der Waals surface area contributed by atoms with Gasteiger partial charge in [0.15, 0.2) is 0 Å². The lowest BCUT2D eigenvalue weighted by molar-refractivity contribution is -0.117. The zero-order valence-electron chi connectivity index (χ0n) is 14.8. The topological polar surface area (TPSA) is 51.2 Å². The lowest BCUT2D eigenvalue weighted by Gasteiger charge is -2.14. The molecule has 0 aliphatic rings. The maximum absolute atomic E-state index is 12.9. The fourth-order valence-corrected chi connectivity index (χ4v) is 2.48. The van der Waals surface area contributed by atoms with Crippen LogP contribution in [-0.4, -0.2) is 10.9 Å². The van der Waals surface area contributed by atoms with Crippen molar-refractivity contribution in [2.45, 2.75) is 13.0 Å². The van der Waals surface area contributed by atoms with Gasteiger partial charge < -0.3 is 10.1 Å². The molecule has 1 aromatic heterocycles. The van der Waals surface area contributed by atoms with E-state index in [2.05, 4.69) is 10.3 Å². The molecule has 1 unspecified atom stereocenters. The quantitative estimate of drug-likeness (QED) is 0.634. The first-order chi connectivity index (χ1) is 13.1. The lowest BCUT2D eigenvalue weighted by atomic mass is 10.1. The van der Waals surface area contributed by atoms with Crippen molar-refractivity contribution >= 4 is 12.0 Å². The summed E-state index contributed by atoms with van der Waals surface area (Å²) in [5.41, 5.74) is 1.68. The van der Waals surface area contributed by atoms with Gasteiger partial charge in [-0.25, -0.2) is 4.39 Å². The Labute approximate surface area is 157 Å². The van der Waals surface area contributed by atoms with E-state index >= 15 is 0 Å². The minimum absolute atomic E-state index is 0.198. The van der Waals surface area contributed by atoms with Crippen molar-refractivity contribution in [3.8, 4) is 11.5 Å². The zero-order chi connectivity index (χ0) is 19.1. The van der Waals surface area contributed by atoms with Crippen molar-refractivity contribution < 1.29 is 13.9 Å². The number of nitrogens with one attached hydrogen (secondary N) is 1. The molecule has 136 valence electrons. The molecule has 4 nitrogen and oxygen atoms in total. The first-order valence-corrected chi connectivity index (χ1v) is 8.52. The van der Waals surface area contributed by atoms with E-state index in [1.165, 1.54) is 18.2 Å². The molecule has 3 rings (SSSR count). The summed E-state index contributed by atoms with van der Waals surface area (Å²) in [6.07, 6.45) is 6.40. The highest BCUT2D eigenvalue weighted by Crippen LogP contribution is 2.24.